The van der Waals surface area contributed by atoms with Crippen molar-refractivity contribution in [2.24, 2.45) is 0 Å². The quantitative estimate of drug-likeness (QED) is 0.617. The Morgan fingerprint density at radius 3 is 2.24 bits per heavy atom. The molecular weight excluding hydrogens is 407 g/mol. The van der Waals surface area contributed by atoms with Gasteiger partial charge in [-0.05, 0) is 67.7 Å². The number of rotatable bonds is 7. The van der Waals surface area contributed by atoms with Gasteiger partial charge < -0.3 is 10.6 Å². The molecule has 0 fully saturated rings. The van der Waals surface area contributed by atoms with Crippen molar-refractivity contribution in [3.8, 4) is 0 Å². The van der Waals surface area contributed by atoms with Crippen molar-refractivity contribution in [3.05, 3.63) is 28.3 Å². The molecule has 10 heteroatoms. The van der Waals surface area contributed by atoms with E-state index in [1.165, 1.54) is 18.1 Å². The fourth-order valence-electron chi connectivity index (χ4n) is 4.14. The van der Waals surface area contributed by atoms with Gasteiger partial charge in [0.2, 0.25) is 10.0 Å². The lowest BCUT2D eigenvalue weighted by atomic mass is 9.99. The van der Waals surface area contributed by atoms with Gasteiger partial charge in [0.1, 0.15) is 0 Å². The summed E-state index contributed by atoms with van der Waals surface area (Å²) in [4.78, 5) is 12.4. The Labute approximate surface area is 168 Å². The summed E-state index contributed by atoms with van der Waals surface area (Å²) >= 11 is 0. The molecule has 1 aromatic carbocycles. The minimum absolute atomic E-state index is 0.380. The van der Waals surface area contributed by atoms with E-state index in [2.05, 4.69) is 16.7 Å². The highest BCUT2D eigenvalue weighted by Gasteiger charge is 2.28. The zero-order valence-electron chi connectivity index (χ0n) is 16.3. The number of urea groups is 1. The topological polar surface area (TPSA) is 87.3 Å². The molecule has 0 radical (unpaired) electrons. The number of aryl methyl sites for hydroxylation is 2. The fourth-order valence-corrected chi connectivity index (χ4v) is 5.33. The van der Waals surface area contributed by atoms with Crippen LogP contribution in [0.25, 0.3) is 0 Å². The first-order chi connectivity index (χ1) is 13.5. The van der Waals surface area contributed by atoms with Crippen molar-refractivity contribution in [2.45, 2.75) is 64.1 Å². The highest BCUT2D eigenvalue weighted by Crippen LogP contribution is 2.38. The molecule has 0 saturated heterocycles. The van der Waals surface area contributed by atoms with E-state index in [9.17, 15) is 26.4 Å². The molecule has 0 aromatic heterocycles. The Kier molecular flexibility index (Phi) is 6.42. The number of fused-ring (bicyclic) bond motifs is 2. The van der Waals surface area contributed by atoms with Crippen LogP contribution >= 0.6 is 0 Å². The largest absolute Gasteiger partial charge is 0.390 e. The second-order valence-corrected chi connectivity index (χ2v) is 9.56. The Bertz CT molecular complexity index is 853. The summed E-state index contributed by atoms with van der Waals surface area (Å²) in [5, 5.41) is 5.25. The van der Waals surface area contributed by atoms with E-state index in [1.807, 2.05) is 4.72 Å². The number of nitrogens with one attached hydrogen (secondary N) is 3. The molecule has 2 aliphatic rings. The van der Waals surface area contributed by atoms with E-state index < -0.39 is 40.4 Å². The zero-order chi connectivity index (χ0) is 21.2. The molecule has 162 valence electrons. The zero-order valence-corrected chi connectivity index (χ0v) is 17.1. The van der Waals surface area contributed by atoms with Crippen molar-refractivity contribution in [1.29, 1.82) is 0 Å². The van der Waals surface area contributed by atoms with Crippen LogP contribution in [0.4, 0.5) is 23.7 Å². The molecule has 1 aromatic rings. The molecule has 0 heterocycles. The number of alkyl halides is 3. The van der Waals surface area contributed by atoms with Crippen molar-refractivity contribution in [2.75, 3.05) is 17.6 Å². The van der Waals surface area contributed by atoms with E-state index in [0.717, 1.165) is 55.3 Å². The van der Waals surface area contributed by atoms with Crippen LogP contribution in [0, 0.1) is 0 Å². The first-order valence-corrected chi connectivity index (χ1v) is 11.5. The summed E-state index contributed by atoms with van der Waals surface area (Å²) in [5.41, 5.74) is 5.33. The molecule has 1 atom stereocenters. The van der Waals surface area contributed by atoms with Gasteiger partial charge in [0, 0.05) is 18.3 Å². The van der Waals surface area contributed by atoms with Gasteiger partial charge in [0.05, 0.1) is 12.2 Å². The van der Waals surface area contributed by atoms with Gasteiger partial charge in [0.25, 0.3) is 0 Å². The van der Waals surface area contributed by atoms with Crippen LogP contribution in [0.15, 0.2) is 6.07 Å². The van der Waals surface area contributed by atoms with Gasteiger partial charge in [0.15, 0.2) is 0 Å². The molecule has 3 rings (SSSR count). The molecule has 2 amide bonds. The maximum atomic E-state index is 12.4. The number of benzene rings is 1. The third kappa shape index (κ3) is 5.85. The van der Waals surface area contributed by atoms with E-state index in [1.54, 1.807) is 0 Å². The van der Waals surface area contributed by atoms with Crippen molar-refractivity contribution >= 4 is 21.7 Å². The van der Waals surface area contributed by atoms with Crippen LogP contribution in [0.2, 0.25) is 0 Å². The molecule has 1 unspecified atom stereocenters. The minimum atomic E-state index is -4.31. The number of carbonyl (C=O) groups is 1. The molecule has 3 N–H and O–H groups in total. The summed E-state index contributed by atoms with van der Waals surface area (Å²) in [6, 6.07) is 0.647. The Morgan fingerprint density at radius 2 is 1.69 bits per heavy atom. The Balaban J connectivity index is 1.60. The molecule has 2 aliphatic carbocycles. The Hall–Kier alpha value is -1.81. The van der Waals surface area contributed by atoms with E-state index in [0.29, 0.717) is 0 Å². The van der Waals surface area contributed by atoms with E-state index in [4.69, 9.17) is 0 Å². The third-order valence-corrected chi connectivity index (χ3v) is 6.77. The lowest BCUT2D eigenvalue weighted by Crippen LogP contribution is -2.42. The molecule has 6 nitrogen and oxygen atoms in total. The highest BCUT2D eigenvalue weighted by molar-refractivity contribution is 7.90. The number of anilines is 1. The maximum Gasteiger partial charge on any atom is 0.390 e. The standard InChI is InChI=1S/C19H26F3N3O3S/c1-12(23-9-8-19(20,21)22)11-29(27,28)25-18(26)24-17-15-6-2-4-13(15)10-14-5-3-7-16(14)17/h10,12,23H,2-9,11H2,1H3,(H2,24,25,26). The molecule has 0 aliphatic heterocycles. The normalized spacial score (nSPS) is 17.0. The number of halogens is 3. The van der Waals surface area contributed by atoms with Crippen LogP contribution < -0.4 is 15.4 Å². The highest BCUT2D eigenvalue weighted by atomic mass is 32.2. The minimum Gasteiger partial charge on any atom is -0.313 e. The van der Waals surface area contributed by atoms with E-state index >= 15 is 0 Å². The summed E-state index contributed by atoms with van der Waals surface area (Å²) in [6.07, 6.45) is 0.282. The van der Waals surface area contributed by atoms with Crippen LogP contribution in [-0.2, 0) is 35.7 Å². The number of hydrogen-bond donors (Lipinski definition) is 3. The summed E-state index contributed by atoms with van der Waals surface area (Å²) < 4.78 is 63.0. The van der Waals surface area contributed by atoms with Crippen LogP contribution in [0.3, 0.4) is 0 Å². The SMILES string of the molecule is CC(CS(=O)(=O)NC(=O)Nc1c2c(cc3c1CCC3)CCC2)NCCC(F)(F)F. The first kappa shape index (κ1) is 21.9. The number of amides is 2. The van der Waals surface area contributed by atoms with Gasteiger partial charge in [-0.25, -0.2) is 17.9 Å². The van der Waals surface area contributed by atoms with Crippen LogP contribution in [-0.4, -0.2) is 39.0 Å². The monoisotopic (exact) mass is 433 g/mol. The molecule has 0 spiro atoms. The second-order valence-electron chi connectivity index (χ2n) is 7.79. The predicted molar refractivity (Wildman–Crippen MR) is 105 cm³/mol. The van der Waals surface area contributed by atoms with Gasteiger partial charge in [-0.1, -0.05) is 6.07 Å². The van der Waals surface area contributed by atoms with Gasteiger partial charge in [-0.3, -0.25) is 0 Å². The average molecular weight is 433 g/mol. The molecule has 29 heavy (non-hydrogen) atoms. The van der Waals surface area contributed by atoms with Gasteiger partial charge in [-0.15, -0.1) is 0 Å². The number of hydrogen-bond acceptors (Lipinski definition) is 4. The fraction of sp³-hybridized carbons (Fsp3) is 0.632. The predicted octanol–water partition coefficient (Wildman–Crippen LogP) is 3.05. The van der Waals surface area contributed by atoms with Crippen LogP contribution in [0.1, 0.15) is 48.4 Å². The molecular formula is C19H26F3N3O3S. The number of carbonyl (C=O) groups excluding carboxylic acids is 1. The Morgan fingerprint density at radius 1 is 1.10 bits per heavy atom. The van der Waals surface area contributed by atoms with Crippen LogP contribution in [0.5, 0.6) is 0 Å². The summed E-state index contributed by atoms with van der Waals surface area (Å²) in [6.45, 7) is 1.08. The third-order valence-electron chi connectivity index (χ3n) is 5.33. The average Bonchev–Trinajstić information content (AvgIpc) is 3.20. The lowest BCUT2D eigenvalue weighted by Gasteiger charge is -2.18. The number of sulfonamides is 1. The van der Waals surface area contributed by atoms with Gasteiger partial charge >= 0.3 is 12.2 Å². The smallest absolute Gasteiger partial charge is 0.313 e. The molecule has 0 bridgehead atoms. The summed E-state index contributed by atoms with van der Waals surface area (Å²) in [5.74, 6) is -0.497. The summed E-state index contributed by atoms with van der Waals surface area (Å²) in [7, 11) is -4.00. The van der Waals surface area contributed by atoms with E-state index in [-0.39, 0.29) is 6.54 Å². The van der Waals surface area contributed by atoms with Crippen molar-refractivity contribution < 1.29 is 26.4 Å². The lowest BCUT2D eigenvalue weighted by molar-refractivity contribution is -0.133. The van der Waals surface area contributed by atoms with Crippen molar-refractivity contribution in [3.63, 3.8) is 0 Å². The van der Waals surface area contributed by atoms with Crippen molar-refractivity contribution in [1.82, 2.24) is 10.0 Å². The molecule has 0 saturated carbocycles. The van der Waals surface area contributed by atoms with Gasteiger partial charge in [-0.2, -0.15) is 13.2 Å². The first-order valence-electron chi connectivity index (χ1n) is 9.82. The second kappa shape index (κ2) is 8.51. The maximum absolute atomic E-state index is 12.4.